The average Bonchev–Trinajstić information content (AvgIpc) is 2.44. The second-order valence-electron chi connectivity index (χ2n) is 4.70. The Morgan fingerprint density at radius 1 is 1.42 bits per heavy atom. The quantitative estimate of drug-likeness (QED) is 0.833. The highest BCUT2D eigenvalue weighted by molar-refractivity contribution is 5.87. The molecule has 1 aromatic carbocycles. The number of allylic oxidation sites excluding steroid dienone is 2. The van der Waals surface area contributed by atoms with E-state index in [2.05, 4.69) is 18.7 Å². The van der Waals surface area contributed by atoms with Crippen molar-refractivity contribution >= 4 is 11.5 Å². The van der Waals surface area contributed by atoms with Crippen molar-refractivity contribution in [3.8, 4) is 5.75 Å². The molecule has 100 valence electrons. The van der Waals surface area contributed by atoms with Gasteiger partial charge in [0.15, 0.2) is 0 Å². The zero-order chi connectivity index (χ0) is 14.0. The van der Waals surface area contributed by atoms with E-state index in [0.29, 0.717) is 0 Å². The number of hydrogen-bond acceptors (Lipinski definition) is 2. The molecule has 19 heavy (non-hydrogen) atoms. The highest BCUT2D eigenvalue weighted by atomic mass is 16.5. The number of ether oxygens (including phenoxy) is 1. The van der Waals surface area contributed by atoms with Crippen LogP contribution < -0.4 is 4.74 Å². The van der Waals surface area contributed by atoms with Crippen molar-refractivity contribution in [2.75, 3.05) is 14.2 Å². The fraction of sp³-hybridized carbons (Fsp3) is 0.312. The molecular formula is C16H19NO2. The molecule has 0 N–H and O–H groups in total. The number of likely N-dealkylation sites (N-methyl/N-ethyl adjacent to an activating group) is 1. The van der Waals surface area contributed by atoms with Gasteiger partial charge >= 0.3 is 0 Å². The van der Waals surface area contributed by atoms with E-state index in [0.717, 1.165) is 35.4 Å². The third-order valence-corrected chi connectivity index (χ3v) is 3.55. The third kappa shape index (κ3) is 2.55. The molecule has 0 unspecified atom stereocenters. The third-order valence-electron chi connectivity index (χ3n) is 3.55. The number of carbonyl (C=O) groups is 1. The van der Waals surface area contributed by atoms with Crippen molar-refractivity contribution in [2.45, 2.75) is 19.8 Å². The van der Waals surface area contributed by atoms with Gasteiger partial charge in [-0.05, 0) is 36.1 Å². The lowest BCUT2D eigenvalue weighted by Gasteiger charge is -2.25. The van der Waals surface area contributed by atoms with Crippen molar-refractivity contribution in [1.82, 2.24) is 4.90 Å². The first-order valence-corrected chi connectivity index (χ1v) is 6.35. The molecule has 1 aliphatic carbocycles. The SMILES string of the molecule is C=C(C1=CCCc2cc(OC)ccc21)N(C)C(C)=O. The maximum absolute atomic E-state index is 11.5. The van der Waals surface area contributed by atoms with Crippen LogP contribution in [0.2, 0.25) is 0 Å². The summed E-state index contributed by atoms with van der Waals surface area (Å²) in [6.07, 6.45) is 4.10. The Hall–Kier alpha value is -2.03. The highest BCUT2D eigenvalue weighted by Gasteiger charge is 2.19. The van der Waals surface area contributed by atoms with Crippen LogP contribution in [0.15, 0.2) is 36.6 Å². The Balaban J connectivity index is 2.38. The maximum Gasteiger partial charge on any atom is 0.223 e. The van der Waals surface area contributed by atoms with Crippen LogP contribution in [0.1, 0.15) is 24.5 Å². The fourth-order valence-corrected chi connectivity index (χ4v) is 2.29. The molecule has 1 amide bonds. The number of amides is 1. The van der Waals surface area contributed by atoms with Crippen molar-refractivity contribution in [2.24, 2.45) is 0 Å². The summed E-state index contributed by atoms with van der Waals surface area (Å²) in [7, 11) is 3.42. The van der Waals surface area contributed by atoms with Gasteiger partial charge in [-0.15, -0.1) is 0 Å². The van der Waals surface area contributed by atoms with Gasteiger partial charge in [0.1, 0.15) is 5.75 Å². The Bertz CT molecular complexity index is 558. The summed E-state index contributed by atoms with van der Waals surface area (Å²) in [6.45, 7) is 5.59. The summed E-state index contributed by atoms with van der Waals surface area (Å²) in [6, 6.07) is 6.04. The second kappa shape index (κ2) is 5.31. The molecule has 0 bridgehead atoms. The van der Waals surface area contributed by atoms with Gasteiger partial charge < -0.3 is 9.64 Å². The van der Waals surface area contributed by atoms with Crippen LogP contribution in [0, 0.1) is 0 Å². The molecule has 0 spiro atoms. The molecular weight excluding hydrogens is 238 g/mol. The molecule has 0 aromatic heterocycles. The van der Waals surface area contributed by atoms with E-state index in [4.69, 9.17) is 4.74 Å². The molecule has 3 nitrogen and oxygen atoms in total. The molecule has 0 aliphatic heterocycles. The number of carbonyl (C=O) groups excluding carboxylic acids is 1. The van der Waals surface area contributed by atoms with E-state index in [1.807, 2.05) is 12.1 Å². The first-order valence-electron chi connectivity index (χ1n) is 6.35. The molecule has 0 fully saturated rings. The first-order chi connectivity index (χ1) is 9.04. The maximum atomic E-state index is 11.5. The molecule has 0 saturated heterocycles. The standard InChI is InChI=1S/C16H19NO2/c1-11(17(3)12(2)18)15-7-5-6-13-10-14(19-4)8-9-16(13)15/h7-10H,1,5-6H2,2-4H3. The van der Waals surface area contributed by atoms with Crippen molar-refractivity contribution in [3.63, 3.8) is 0 Å². The van der Waals surface area contributed by atoms with Crippen molar-refractivity contribution < 1.29 is 9.53 Å². The first kappa shape index (κ1) is 13.4. The smallest absolute Gasteiger partial charge is 0.223 e. The summed E-state index contributed by atoms with van der Waals surface area (Å²) in [4.78, 5) is 13.0. The predicted octanol–water partition coefficient (Wildman–Crippen LogP) is 3.02. The molecule has 1 aliphatic rings. The number of fused-ring (bicyclic) bond motifs is 1. The molecule has 0 heterocycles. The summed E-state index contributed by atoms with van der Waals surface area (Å²) >= 11 is 0. The van der Waals surface area contributed by atoms with E-state index in [9.17, 15) is 4.79 Å². The Kier molecular flexibility index (Phi) is 3.74. The minimum Gasteiger partial charge on any atom is -0.497 e. The number of aryl methyl sites for hydroxylation is 1. The monoisotopic (exact) mass is 257 g/mol. The Labute approximate surface area is 114 Å². The zero-order valence-corrected chi connectivity index (χ0v) is 11.7. The summed E-state index contributed by atoms with van der Waals surface area (Å²) in [5, 5.41) is 0. The molecule has 0 radical (unpaired) electrons. The number of nitrogens with zero attached hydrogens (tertiary/aromatic N) is 1. The van der Waals surface area contributed by atoms with E-state index in [-0.39, 0.29) is 5.91 Å². The lowest BCUT2D eigenvalue weighted by Crippen LogP contribution is -2.24. The van der Waals surface area contributed by atoms with Gasteiger partial charge in [-0.3, -0.25) is 4.79 Å². The van der Waals surface area contributed by atoms with E-state index in [1.54, 1.807) is 26.0 Å². The zero-order valence-electron chi connectivity index (χ0n) is 11.7. The largest absolute Gasteiger partial charge is 0.497 e. The van der Waals surface area contributed by atoms with Crippen LogP contribution in [0.25, 0.3) is 5.57 Å². The number of rotatable bonds is 3. The molecule has 0 atom stereocenters. The van der Waals surface area contributed by atoms with Crippen molar-refractivity contribution in [3.05, 3.63) is 47.7 Å². The average molecular weight is 257 g/mol. The topological polar surface area (TPSA) is 29.5 Å². The van der Waals surface area contributed by atoms with Gasteiger partial charge in [-0.1, -0.05) is 18.7 Å². The van der Waals surface area contributed by atoms with Crippen molar-refractivity contribution in [1.29, 1.82) is 0 Å². The van der Waals surface area contributed by atoms with Gasteiger partial charge in [0, 0.05) is 25.2 Å². The van der Waals surface area contributed by atoms with Crippen LogP contribution >= 0.6 is 0 Å². The van der Waals surface area contributed by atoms with E-state index < -0.39 is 0 Å². The molecule has 2 rings (SSSR count). The number of hydrogen-bond donors (Lipinski definition) is 0. The van der Waals surface area contributed by atoms with Crippen LogP contribution in [0.3, 0.4) is 0 Å². The van der Waals surface area contributed by atoms with Crippen LogP contribution in [0.5, 0.6) is 5.75 Å². The van der Waals surface area contributed by atoms with Gasteiger partial charge in [0.25, 0.3) is 0 Å². The number of methoxy groups -OCH3 is 1. The van der Waals surface area contributed by atoms with Gasteiger partial charge in [-0.2, -0.15) is 0 Å². The summed E-state index contributed by atoms with van der Waals surface area (Å²) in [5.41, 5.74) is 4.18. The minimum absolute atomic E-state index is 0.00784. The van der Waals surface area contributed by atoms with E-state index in [1.165, 1.54) is 5.56 Å². The Morgan fingerprint density at radius 2 is 2.16 bits per heavy atom. The summed E-state index contributed by atoms with van der Waals surface area (Å²) in [5.74, 6) is 0.858. The Morgan fingerprint density at radius 3 is 2.79 bits per heavy atom. The normalized spacial score (nSPS) is 13.3. The molecule has 1 aromatic rings. The van der Waals surface area contributed by atoms with Gasteiger partial charge in [0.05, 0.1) is 7.11 Å². The fourth-order valence-electron chi connectivity index (χ4n) is 2.29. The second-order valence-corrected chi connectivity index (χ2v) is 4.70. The molecule has 3 heteroatoms. The van der Waals surface area contributed by atoms with E-state index >= 15 is 0 Å². The van der Waals surface area contributed by atoms with Crippen LogP contribution in [-0.4, -0.2) is 25.0 Å². The predicted molar refractivity (Wildman–Crippen MR) is 76.9 cm³/mol. The van der Waals surface area contributed by atoms with Gasteiger partial charge in [0.2, 0.25) is 5.91 Å². The summed E-state index contributed by atoms with van der Waals surface area (Å²) < 4.78 is 5.26. The number of benzene rings is 1. The van der Waals surface area contributed by atoms with Crippen LogP contribution in [-0.2, 0) is 11.2 Å². The lowest BCUT2D eigenvalue weighted by atomic mass is 9.89. The highest BCUT2D eigenvalue weighted by Crippen LogP contribution is 2.34. The van der Waals surface area contributed by atoms with Crippen LogP contribution in [0.4, 0.5) is 0 Å². The van der Waals surface area contributed by atoms with Gasteiger partial charge in [-0.25, -0.2) is 0 Å². The lowest BCUT2D eigenvalue weighted by molar-refractivity contribution is -0.125. The molecule has 0 saturated carbocycles. The minimum atomic E-state index is -0.00784.